The summed E-state index contributed by atoms with van der Waals surface area (Å²) < 4.78 is 47.3. The molecule has 0 aliphatic heterocycles. The van der Waals surface area contributed by atoms with Crippen LogP contribution in [0.1, 0.15) is 6.42 Å². The van der Waals surface area contributed by atoms with E-state index in [1.807, 2.05) is 0 Å². The second-order valence-electron chi connectivity index (χ2n) is 6.32. The van der Waals surface area contributed by atoms with Gasteiger partial charge in [0.25, 0.3) is 0 Å². The summed E-state index contributed by atoms with van der Waals surface area (Å²) in [5.41, 5.74) is 0.729. The van der Waals surface area contributed by atoms with Gasteiger partial charge in [-0.2, -0.15) is 9.97 Å². The quantitative estimate of drug-likeness (QED) is 0.482. The molecule has 3 aromatic rings. The molecule has 0 saturated heterocycles. The number of hydrogen-bond acceptors (Lipinski definition) is 7. The molecule has 1 heterocycles. The SMILES string of the molecule is COc1nc(Nc2ccc(Cl)cc2F)c2ccc(OCCCS(C)(=O)=O)cc2n1.Cl. The van der Waals surface area contributed by atoms with Crippen LogP contribution in [0.25, 0.3) is 10.9 Å². The normalized spacial score (nSPS) is 11.1. The lowest BCUT2D eigenvalue weighted by atomic mass is 10.2. The Kier molecular flexibility index (Phi) is 8.05. The predicted molar refractivity (Wildman–Crippen MR) is 118 cm³/mol. The first kappa shape index (κ1) is 23.9. The molecule has 0 bridgehead atoms. The second kappa shape index (κ2) is 10.1. The largest absolute Gasteiger partial charge is 0.493 e. The van der Waals surface area contributed by atoms with Crippen LogP contribution in [0.5, 0.6) is 11.8 Å². The number of halogens is 3. The molecule has 2 aromatic carbocycles. The van der Waals surface area contributed by atoms with Gasteiger partial charge >= 0.3 is 6.01 Å². The molecule has 0 amide bonds. The van der Waals surface area contributed by atoms with Crippen molar-refractivity contribution in [2.75, 3.05) is 31.0 Å². The maximum atomic E-state index is 14.2. The number of rotatable bonds is 8. The van der Waals surface area contributed by atoms with Gasteiger partial charge in [-0.1, -0.05) is 11.6 Å². The lowest BCUT2D eigenvalue weighted by Crippen LogP contribution is -2.08. The lowest BCUT2D eigenvalue weighted by molar-refractivity contribution is 0.318. The highest BCUT2D eigenvalue weighted by Gasteiger charge is 2.12. The molecule has 11 heteroatoms. The summed E-state index contributed by atoms with van der Waals surface area (Å²) in [5.74, 6) is 0.415. The van der Waals surface area contributed by atoms with Crippen molar-refractivity contribution < 1.29 is 22.3 Å². The maximum absolute atomic E-state index is 14.2. The number of hydrogen-bond donors (Lipinski definition) is 1. The summed E-state index contributed by atoms with van der Waals surface area (Å²) in [6.07, 6.45) is 1.57. The van der Waals surface area contributed by atoms with Crippen LogP contribution in [-0.4, -0.2) is 44.1 Å². The molecular weight excluding hydrogens is 456 g/mol. The van der Waals surface area contributed by atoms with Gasteiger partial charge in [0.2, 0.25) is 0 Å². The van der Waals surface area contributed by atoms with Gasteiger partial charge in [-0.25, -0.2) is 12.8 Å². The van der Waals surface area contributed by atoms with Gasteiger partial charge in [0.05, 0.1) is 30.7 Å². The summed E-state index contributed by atoms with van der Waals surface area (Å²) in [7, 11) is -1.60. The molecule has 0 unspecified atom stereocenters. The molecule has 30 heavy (non-hydrogen) atoms. The van der Waals surface area contributed by atoms with Gasteiger partial charge in [-0.3, -0.25) is 0 Å². The Hall–Kier alpha value is -2.36. The molecule has 0 saturated carbocycles. The van der Waals surface area contributed by atoms with Crippen LogP contribution in [0.15, 0.2) is 36.4 Å². The summed E-state index contributed by atoms with van der Waals surface area (Å²) in [6.45, 7) is 0.252. The monoisotopic (exact) mass is 475 g/mol. The van der Waals surface area contributed by atoms with E-state index in [-0.39, 0.29) is 41.5 Å². The lowest BCUT2D eigenvalue weighted by Gasteiger charge is -2.12. The molecule has 1 aromatic heterocycles. The summed E-state index contributed by atoms with van der Waals surface area (Å²) in [4.78, 5) is 8.56. The van der Waals surface area contributed by atoms with Crippen molar-refractivity contribution in [3.63, 3.8) is 0 Å². The van der Waals surface area contributed by atoms with Gasteiger partial charge in [0.1, 0.15) is 27.2 Å². The van der Waals surface area contributed by atoms with Gasteiger partial charge in [-0.05, 0) is 36.8 Å². The first-order chi connectivity index (χ1) is 13.7. The van der Waals surface area contributed by atoms with Crippen LogP contribution in [0.3, 0.4) is 0 Å². The van der Waals surface area contributed by atoms with Crippen molar-refractivity contribution in [3.05, 3.63) is 47.2 Å². The number of benzene rings is 2. The van der Waals surface area contributed by atoms with E-state index < -0.39 is 15.7 Å². The number of sulfone groups is 1. The average molecular weight is 476 g/mol. The molecule has 3 rings (SSSR count). The van der Waals surface area contributed by atoms with E-state index in [0.717, 1.165) is 0 Å². The fourth-order valence-electron chi connectivity index (χ4n) is 2.59. The smallest absolute Gasteiger partial charge is 0.318 e. The first-order valence-electron chi connectivity index (χ1n) is 8.63. The second-order valence-corrected chi connectivity index (χ2v) is 9.02. The number of ether oxygens (including phenoxy) is 2. The highest BCUT2D eigenvalue weighted by Crippen LogP contribution is 2.30. The molecule has 7 nitrogen and oxygen atoms in total. The van der Waals surface area contributed by atoms with Gasteiger partial charge in [0, 0.05) is 22.7 Å². The van der Waals surface area contributed by atoms with E-state index in [4.69, 9.17) is 21.1 Å². The van der Waals surface area contributed by atoms with E-state index in [1.54, 1.807) is 24.3 Å². The topological polar surface area (TPSA) is 90.4 Å². The zero-order chi connectivity index (χ0) is 21.0. The van der Waals surface area contributed by atoms with E-state index >= 15 is 0 Å². The molecule has 0 fully saturated rings. The Morgan fingerprint density at radius 1 is 1.17 bits per heavy atom. The molecular formula is C19H20Cl2FN3O4S. The zero-order valence-corrected chi connectivity index (χ0v) is 18.6. The van der Waals surface area contributed by atoms with E-state index in [1.165, 1.54) is 25.5 Å². The third-order valence-electron chi connectivity index (χ3n) is 3.94. The van der Waals surface area contributed by atoms with E-state index in [0.29, 0.717) is 28.9 Å². The number of anilines is 2. The summed E-state index contributed by atoms with van der Waals surface area (Å²) >= 11 is 5.80. The number of nitrogens with zero attached hydrogens (tertiary/aromatic N) is 2. The minimum Gasteiger partial charge on any atom is -0.493 e. The standard InChI is InChI=1S/C19H19ClFN3O4S.ClH/c1-27-19-23-17-11-13(28-8-3-9-29(2,25)26)5-6-14(17)18(24-19)22-16-7-4-12(20)10-15(16)21;/h4-7,10-11H,3,8-9H2,1-2H3,(H,22,23,24);1H. The molecule has 0 atom stereocenters. The number of methoxy groups -OCH3 is 1. The predicted octanol–water partition coefficient (Wildman–Crippen LogP) is 4.41. The molecule has 0 aliphatic rings. The molecule has 0 spiro atoms. The minimum absolute atomic E-state index is 0. The van der Waals surface area contributed by atoms with Crippen LogP contribution in [0, 0.1) is 5.82 Å². The Morgan fingerprint density at radius 3 is 2.60 bits per heavy atom. The Morgan fingerprint density at radius 2 is 1.93 bits per heavy atom. The number of nitrogens with one attached hydrogen (secondary N) is 1. The van der Waals surface area contributed by atoms with Gasteiger partial charge in [-0.15, -0.1) is 12.4 Å². The number of fused-ring (bicyclic) bond motifs is 1. The fraction of sp³-hybridized carbons (Fsp3) is 0.263. The highest BCUT2D eigenvalue weighted by molar-refractivity contribution is 7.90. The van der Waals surface area contributed by atoms with Crippen molar-refractivity contribution in [1.29, 1.82) is 0 Å². The van der Waals surface area contributed by atoms with Crippen LogP contribution in [0.2, 0.25) is 5.02 Å². The summed E-state index contributed by atoms with van der Waals surface area (Å²) in [5, 5.41) is 3.85. The minimum atomic E-state index is -3.03. The first-order valence-corrected chi connectivity index (χ1v) is 11.1. The molecule has 0 radical (unpaired) electrons. The van der Waals surface area contributed by atoms with Gasteiger partial charge < -0.3 is 14.8 Å². The van der Waals surface area contributed by atoms with Crippen molar-refractivity contribution in [3.8, 4) is 11.8 Å². The molecule has 162 valence electrons. The fourth-order valence-corrected chi connectivity index (χ4v) is 3.40. The van der Waals surface area contributed by atoms with Crippen molar-refractivity contribution in [1.82, 2.24) is 9.97 Å². The van der Waals surface area contributed by atoms with Crippen LogP contribution < -0.4 is 14.8 Å². The zero-order valence-electron chi connectivity index (χ0n) is 16.2. The van der Waals surface area contributed by atoms with Crippen LogP contribution in [0.4, 0.5) is 15.9 Å². The average Bonchev–Trinajstić information content (AvgIpc) is 2.66. The van der Waals surface area contributed by atoms with E-state index in [9.17, 15) is 12.8 Å². The highest BCUT2D eigenvalue weighted by atomic mass is 35.5. The van der Waals surface area contributed by atoms with Crippen LogP contribution >= 0.6 is 24.0 Å². The molecule has 0 aliphatic carbocycles. The maximum Gasteiger partial charge on any atom is 0.318 e. The third kappa shape index (κ3) is 6.32. The Labute approximate surface area is 184 Å². The Bertz CT molecular complexity index is 1150. The third-order valence-corrected chi connectivity index (χ3v) is 5.21. The van der Waals surface area contributed by atoms with Gasteiger partial charge in [0.15, 0.2) is 0 Å². The van der Waals surface area contributed by atoms with Crippen molar-refractivity contribution >= 4 is 56.3 Å². The number of aromatic nitrogens is 2. The van der Waals surface area contributed by atoms with Crippen LogP contribution in [-0.2, 0) is 9.84 Å². The summed E-state index contributed by atoms with van der Waals surface area (Å²) in [6, 6.07) is 9.51. The molecule has 1 N–H and O–H groups in total. The van der Waals surface area contributed by atoms with E-state index in [2.05, 4.69) is 15.3 Å². The van der Waals surface area contributed by atoms with Crippen molar-refractivity contribution in [2.24, 2.45) is 0 Å². The van der Waals surface area contributed by atoms with Crippen molar-refractivity contribution in [2.45, 2.75) is 6.42 Å². The Balaban J connectivity index is 0.00000320.